The molecule has 9 heteroatoms. The molecule has 0 fully saturated rings. The summed E-state index contributed by atoms with van der Waals surface area (Å²) in [5.74, 6) is -3.41. The second-order valence-electron chi connectivity index (χ2n) is 10.8. The van der Waals surface area contributed by atoms with Gasteiger partial charge in [0.2, 0.25) is 0 Å². The third-order valence-electron chi connectivity index (χ3n) is 6.21. The molecule has 0 saturated carbocycles. The number of allylic oxidation sites excluding steroid dienone is 1. The summed E-state index contributed by atoms with van der Waals surface area (Å²) in [5.41, 5.74) is -0.408. The van der Waals surface area contributed by atoms with Crippen LogP contribution in [0.3, 0.4) is 0 Å². The maximum atomic E-state index is 14.5. The number of esters is 2. The van der Waals surface area contributed by atoms with Crippen molar-refractivity contribution in [2.24, 2.45) is 5.92 Å². The number of benzene rings is 2. The zero-order chi connectivity index (χ0) is 28.6. The molecule has 1 aliphatic rings. The van der Waals surface area contributed by atoms with E-state index in [1.807, 2.05) is 6.92 Å². The number of ether oxygens (including phenoxy) is 3. The number of Topliss-reactive ketones (excluding diaryl/α,β-unsaturated/α-hetero) is 1. The monoisotopic (exact) mass is 564 g/mol. The highest BCUT2D eigenvalue weighted by Gasteiger charge is 2.38. The Labute approximate surface area is 232 Å². The minimum atomic E-state index is -1.46. The number of fused-ring (bicyclic) bond motifs is 1. The summed E-state index contributed by atoms with van der Waals surface area (Å²) in [4.78, 5) is 39.0. The highest BCUT2D eigenvalue weighted by Crippen LogP contribution is 2.42. The summed E-state index contributed by atoms with van der Waals surface area (Å²) in [6.07, 6.45) is 1.40. The van der Waals surface area contributed by atoms with Crippen LogP contribution in [0.5, 0.6) is 5.75 Å². The highest BCUT2D eigenvalue weighted by molar-refractivity contribution is 6.32. The van der Waals surface area contributed by atoms with Crippen molar-refractivity contribution in [3.8, 4) is 5.75 Å². The van der Waals surface area contributed by atoms with E-state index >= 15 is 0 Å². The Morgan fingerprint density at radius 3 is 2.34 bits per heavy atom. The Bertz CT molecular complexity index is 1310. The minimum absolute atomic E-state index is 0.0147. The lowest BCUT2D eigenvalue weighted by Gasteiger charge is -2.26. The van der Waals surface area contributed by atoms with Gasteiger partial charge < -0.3 is 14.2 Å². The maximum Gasteiger partial charge on any atom is 0.349 e. The van der Waals surface area contributed by atoms with Crippen molar-refractivity contribution in [1.82, 2.24) is 0 Å². The molecule has 0 N–H and O–H groups in total. The summed E-state index contributed by atoms with van der Waals surface area (Å²) in [6, 6.07) is 7.45. The van der Waals surface area contributed by atoms with E-state index in [0.717, 1.165) is 6.07 Å². The number of methoxy groups -OCH3 is 1. The third-order valence-corrected chi connectivity index (χ3v) is 6.73. The summed E-state index contributed by atoms with van der Waals surface area (Å²) in [6.45, 7) is 10.1. The summed E-state index contributed by atoms with van der Waals surface area (Å²) < 4.78 is 30.7. The molecule has 0 saturated heterocycles. The summed E-state index contributed by atoms with van der Waals surface area (Å²) in [7, 11) is 1.22. The van der Waals surface area contributed by atoms with Crippen molar-refractivity contribution in [3.63, 3.8) is 0 Å². The zero-order valence-corrected chi connectivity index (χ0v) is 23.9. The van der Waals surface area contributed by atoms with E-state index in [4.69, 9.17) is 37.4 Å². The van der Waals surface area contributed by atoms with Crippen LogP contribution in [-0.4, -0.2) is 36.0 Å². The predicted octanol–water partition coefficient (Wildman–Crippen LogP) is 7.04. The first-order valence-corrected chi connectivity index (χ1v) is 12.8. The fourth-order valence-electron chi connectivity index (χ4n) is 4.30. The van der Waals surface area contributed by atoms with Crippen molar-refractivity contribution in [1.29, 1.82) is 0 Å². The Morgan fingerprint density at radius 2 is 1.74 bits per heavy atom. The van der Waals surface area contributed by atoms with Gasteiger partial charge in [-0.2, -0.15) is 0 Å². The first-order valence-electron chi connectivity index (χ1n) is 12.1. The van der Waals surface area contributed by atoms with Gasteiger partial charge in [0.05, 0.1) is 18.1 Å². The van der Waals surface area contributed by atoms with Gasteiger partial charge in [0, 0.05) is 28.6 Å². The van der Waals surface area contributed by atoms with Crippen LogP contribution in [0.25, 0.3) is 11.6 Å². The smallest absolute Gasteiger partial charge is 0.349 e. The van der Waals surface area contributed by atoms with Gasteiger partial charge in [-0.15, -0.1) is 0 Å². The summed E-state index contributed by atoms with van der Waals surface area (Å²) >= 11 is 12.4. The Kier molecular flexibility index (Phi) is 8.64. The van der Waals surface area contributed by atoms with Gasteiger partial charge in [-0.05, 0) is 75.9 Å². The number of ketones is 1. The molecule has 0 radical (unpaired) electrons. The fraction of sp³-hybridized carbons (Fsp3) is 0.414. The Morgan fingerprint density at radius 1 is 1.08 bits per heavy atom. The van der Waals surface area contributed by atoms with E-state index in [0.29, 0.717) is 16.1 Å². The van der Waals surface area contributed by atoms with Crippen LogP contribution in [0.2, 0.25) is 10.0 Å². The molecule has 0 spiro atoms. The lowest BCUT2D eigenvalue weighted by atomic mass is 9.85. The minimum Gasteiger partial charge on any atom is -0.475 e. The van der Waals surface area contributed by atoms with Gasteiger partial charge in [-0.3, -0.25) is 9.59 Å². The van der Waals surface area contributed by atoms with Crippen molar-refractivity contribution < 1.29 is 33.0 Å². The number of carbonyl (C=O) groups excluding carboxylic acids is 3. The normalized spacial score (nSPS) is 19.0. The molecule has 0 amide bonds. The molecule has 2 unspecified atom stereocenters. The van der Waals surface area contributed by atoms with Crippen LogP contribution in [0.1, 0.15) is 70.6 Å². The molecular weight excluding hydrogens is 534 g/mol. The lowest BCUT2D eigenvalue weighted by molar-refractivity contribution is -0.161. The van der Waals surface area contributed by atoms with Gasteiger partial charge >= 0.3 is 11.9 Å². The molecule has 1 aliphatic carbocycles. The van der Waals surface area contributed by atoms with E-state index in [-0.39, 0.29) is 40.0 Å². The van der Waals surface area contributed by atoms with Crippen molar-refractivity contribution in [3.05, 3.63) is 62.9 Å². The van der Waals surface area contributed by atoms with E-state index in [2.05, 4.69) is 0 Å². The van der Waals surface area contributed by atoms with Crippen LogP contribution in [-0.2, 0) is 23.9 Å². The molecule has 6 nitrogen and oxygen atoms in total. The largest absolute Gasteiger partial charge is 0.475 e. The first kappa shape index (κ1) is 29.7. The van der Waals surface area contributed by atoms with Crippen LogP contribution in [0.15, 0.2) is 30.3 Å². The summed E-state index contributed by atoms with van der Waals surface area (Å²) in [5, 5.41) is 0.249. The average Bonchev–Trinajstić information content (AvgIpc) is 2.90. The van der Waals surface area contributed by atoms with Crippen LogP contribution in [0, 0.1) is 11.7 Å². The fourth-order valence-corrected chi connectivity index (χ4v) is 4.65. The van der Waals surface area contributed by atoms with Gasteiger partial charge in [0.1, 0.15) is 17.2 Å². The first-order chi connectivity index (χ1) is 17.5. The molecular formula is C29H31Cl2FO6. The SMILES string of the molecule is COC(=O)C(C)(C)Oc1cc(F)c(Cl)cc1C=C1C(=O)CC(C(=O)OC(C)(C)C)C(C)c2cc(Cl)ccc21. The molecule has 38 heavy (non-hydrogen) atoms. The van der Waals surface area contributed by atoms with Crippen molar-refractivity contribution in [2.75, 3.05) is 7.11 Å². The molecule has 3 rings (SSSR count). The number of halogens is 3. The van der Waals surface area contributed by atoms with Gasteiger partial charge in [-0.25, -0.2) is 9.18 Å². The number of hydrogen-bond acceptors (Lipinski definition) is 6. The number of rotatable bonds is 5. The topological polar surface area (TPSA) is 78.9 Å². The van der Waals surface area contributed by atoms with Gasteiger partial charge in [0.25, 0.3) is 0 Å². The molecule has 0 aliphatic heterocycles. The van der Waals surface area contributed by atoms with Gasteiger partial charge in [-0.1, -0.05) is 36.2 Å². The van der Waals surface area contributed by atoms with E-state index < -0.39 is 34.9 Å². The molecule has 2 aromatic carbocycles. The molecule has 0 heterocycles. The quantitative estimate of drug-likeness (QED) is 0.220. The molecule has 0 bridgehead atoms. The maximum absolute atomic E-state index is 14.5. The predicted molar refractivity (Wildman–Crippen MR) is 145 cm³/mol. The second kappa shape index (κ2) is 11.1. The highest BCUT2D eigenvalue weighted by atomic mass is 35.5. The van der Waals surface area contributed by atoms with Crippen molar-refractivity contribution >= 4 is 52.6 Å². The number of hydrogen-bond donors (Lipinski definition) is 0. The van der Waals surface area contributed by atoms with Crippen LogP contribution in [0.4, 0.5) is 4.39 Å². The van der Waals surface area contributed by atoms with E-state index in [1.54, 1.807) is 39.0 Å². The molecule has 0 aromatic heterocycles. The van der Waals surface area contributed by atoms with E-state index in [1.165, 1.54) is 33.1 Å². The molecule has 2 aromatic rings. The number of carbonyl (C=O) groups is 3. The van der Waals surface area contributed by atoms with Crippen LogP contribution < -0.4 is 4.74 Å². The molecule has 204 valence electrons. The Hall–Kier alpha value is -2.90. The van der Waals surface area contributed by atoms with Crippen molar-refractivity contribution in [2.45, 2.75) is 65.1 Å². The lowest BCUT2D eigenvalue weighted by Crippen LogP contribution is -2.39. The Balaban J connectivity index is 2.19. The van der Waals surface area contributed by atoms with Gasteiger partial charge in [0.15, 0.2) is 11.4 Å². The standard InChI is InChI=1S/C29H31Cl2FO6/c1-15-19-12-17(30)8-9-18(19)21(24(33)13-20(15)26(34)38-28(2,3)4)10-16-11-22(31)23(32)14-25(16)37-29(5,6)27(35)36-7/h8-12,14-15,20H,13H2,1-7H3. The third kappa shape index (κ3) is 6.56. The zero-order valence-electron chi connectivity index (χ0n) is 22.4. The van der Waals surface area contributed by atoms with E-state index in [9.17, 15) is 18.8 Å². The second-order valence-corrected chi connectivity index (χ2v) is 11.6. The van der Waals surface area contributed by atoms with Crippen LogP contribution >= 0.6 is 23.2 Å². The molecule has 2 atom stereocenters. The average molecular weight is 565 g/mol.